The number of fused-ring (bicyclic) bond motifs is 1. The molecule has 3 aromatic carbocycles. The van der Waals surface area contributed by atoms with E-state index < -0.39 is 0 Å². The summed E-state index contributed by atoms with van der Waals surface area (Å²) in [4.78, 5) is 4.71. The minimum absolute atomic E-state index is 0.914. The molecule has 1 heterocycles. The van der Waals surface area contributed by atoms with Crippen LogP contribution in [0.2, 0.25) is 0 Å². The predicted octanol–water partition coefficient (Wildman–Crippen LogP) is 6.02. The van der Waals surface area contributed by atoms with Gasteiger partial charge in [0.2, 0.25) is 0 Å². The average Bonchev–Trinajstić information content (AvgIpc) is 3.05. The van der Waals surface area contributed by atoms with Crippen molar-refractivity contribution in [2.75, 3.05) is 5.32 Å². The number of nitrogens with one attached hydrogen (secondary N) is 1. The van der Waals surface area contributed by atoms with Gasteiger partial charge in [0, 0.05) is 16.6 Å². The van der Waals surface area contributed by atoms with Gasteiger partial charge in [0.15, 0.2) is 5.13 Å². The van der Waals surface area contributed by atoms with E-state index in [1.54, 1.807) is 11.3 Å². The molecule has 0 fully saturated rings. The first kappa shape index (κ1) is 14.0. The molecule has 0 aliphatic heterocycles. The zero-order chi connectivity index (χ0) is 15.6. The number of aromatic nitrogens is 1. The lowest BCUT2D eigenvalue weighted by atomic mass is 10.1. The van der Waals surface area contributed by atoms with Gasteiger partial charge in [-0.1, -0.05) is 54.1 Å². The second-order valence-electron chi connectivity index (χ2n) is 5.59. The number of rotatable bonds is 3. The van der Waals surface area contributed by atoms with E-state index in [9.17, 15) is 0 Å². The number of benzene rings is 3. The first-order valence-corrected chi connectivity index (χ1v) is 8.44. The molecule has 0 unspecified atom stereocenters. The highest BCUT2D eigenvalue weighted by atomic mass is 32.1. The number of thiazole rings is 1. The van der Waals surface area contributed by atoms with Crippen LogP contribution in [-0.2, 0) is 0 Å². The van der Waals surface area contributed by atoms with Gasteiger partial charge in [-0.05, 0) is 35.9 Å². The van der Waals surface area contributed by atoms with E-state index in [1.165, 1.54) is 16.3 Å². The van der Waals surface area contributed by atoms with Gasteiger partial charge in [0.25, 0.3) is 0 Å². The van der Waals surface area contributed by atoms with Crippen LogP contribution < -0.4 is 5.32 Å². The van der Waals surface area contributed by atoms with Crippen LogP contribution in [0.5, 0.6) is 0 Å². The fraction of sp³-hybridized carbons (Fsp3) is 0.0500. The Morgan fingerprint density at radius 3 is 2.48 bits per heavy atom. The SMILES string of the molecule is Cc1ccc(Nc2nc(-c3ccc4ccccc4c3)cs2)cc1. The first-order chi connectivity index (χ1) is 11.3. The van der Waals surface area contributed by atoms with Crippen molar-refractivity contribution in [1.29, 1.82) is 0 Å². The van der Waals surface area contributed by atoms with E-state index in [1.807, 2.05) is 0 Å². The van der Waals surface area contributed by atoms with Gasteiger partial charge in [0.1, 0.15) is 0 Å². The van der Waals surface area contributed by atoms with Gasteiger partial charge < -0.3 is 5.32 Å². The minimum Gasteiger partial charge on any atom is -0.332 e. The molecule has 1 N–H and O–H groups in total. The standard InChI is InChI=1S/C20H16N2S/c1-14-6-10-18(11-7-14)21-20-22-19(13-23-20)17-9-8-15-4-2-3-5-16(15)12-17/h2-13H,1H3,(H,21,22). The van der Waals surface area contributed by atoms with Gasteiger partial charge in [-0.15, -0.1) is 11.3 Å². The molecule has 0 atom stereocenters. The van der Waals surface area contributed by atoms with Crippen molar-refractivity contribution in [2.24, 2.45) is 0 Å². The summed E-state index contributed by atoms with van der Waals surface area (Å²) in [7, 11) is 0. The molecule has 4 rings (SSSR count). The number of hydrogen-bond acceptors (Lipinski definition) is 3. The molecule has 0 saturated carbocycles. The predicted molar refractivity (Wildman–Crippen MR) is 99.5 cm³/mol. The summed E-state index contributed by atoms with van der Waals surface area (Å²) in [6.45, 7) is 2.09. The summed E-state index contributed by atoms with van der Waals surface area (Å²) in [5.74, 6) is 0. The number of nitrogens with zero attached hydrogens (tertiary/aromatic N) is 1. The van der Waals surface area contributed by atoms with Crippen LogP contribution in [0.25, 0.3) is 22.0 Å². The van der Waals surface area contributed by atoms with Crippen LogP contribution in [0, 0.1) is 6.92 Å². The second-order valence-corrected chi connectivity index (χ2v) is 6.45. The van der Waals surface area contributed by atoms with Crippen molar-refractivity contribution in [3.8, 4) is 11.3 Å². The van der Waals surface area contributed by atoms with Crippen molar-refractivity contribution in [2.45, 2.75) is 6.92 Å². The molecule has 1 aromatic heterocycles. The third kappa shape index (κ3) is 2.96. The zero-order valence-corrected chi connectivity index (χ0v) is 13.6. The summed E-state index contributed by atoms with van der Waals surface area (Å²) in [5.41, 5.74) is 4.48. The highest BCUT2D eigenvalue weighted by Crippen LogP contribution is 2.29. The molecule has 23 heavy (non-hydrogen) atoms. The molecular weight excluding hydrogens is 300 g/mol. The van der Waals surface area contributed by atoms with E-state index in [2.05, 4.69) is 84.4 Å². The Morgan fingerprint density at radius 1 is 0.870 bits per heavy atom. The third-order valence-electron chi connectivity index (χ3n) is 3.85. The van der Waals surface area contributed by atoms with E-state index in [0.717, 1.165) is 22.1 Å². The summed E-state index contributed by atoms with van der Waals surface area (Å²) in [6, 6.07) is 23.2. The first-order valence-electron chi connectivity index (χ1n) is 7.56. The normalized spacial score (nSPS) is 10.8. The summed E-state index contributed by atoms with van der Waals surface area (Å²) in [6.07, 6.45) is 0. The molecular formula is C20H16N2S. The van der Waals surface area contributed by atoms with Gasteiger partial charge in [-0.3, -0.25) is 0 Å². The van der Waals surface area contributed by atoms with Crippen LogP contribution in [-0.4, -0.2) is 4.98 Å². The Balaban J connectivity index is 1.62. The largest absolute Gasteiger partial charge is 0.332 e. The summed E-state index contributed by atoms with van der Waals surface area (Å²) in [5, 5.41) is 8.87. The molecule has 0 aliphatic carbocycles. The summed E-state index contributed by atoms with van der Waals surface area (Å²) >= 11 is 1.63. The molecule has 0 aliphatic rings. The molecule has 0 radical (unpaired) electrons. The van der Waals surface area contributed by atoms with Crippen molar-refractivity contribution >= 4 is 32.9 Å². The number of hydrogen-bond donors (Lipinski definition) is 1. The lowest BCUT2D eigenvalue weighted by Gasteiger charge is -2.03. The molecule has 0 amide bonds. The number of aryl methyl sites for hydroxylation is 1. The molecule has 2 nitrogen and oxygen atoms in total. The van der Waals surface area contributed by atoms with Gasteiger partial charge >= 0.3 is 0 Å². The minimum atomic E-state index is 0.914. The van der Waals surface area contributed by atoms with E-state index in [-0.39, 0.29) is 0 Å². The lowest BCUT2D eigenvalue weighted by molar-refractivity contribution is 1.38. The van der Waals surface area contributed by atoms with Crippen LogP contribution in [0.15, 0.2) is 72.1 Å². The van der Waals surface area contributed by atoms with Gasteiger partial charge in [-0.25, -0.2) is 4.98 Å². The maximum absolute atomic E-state index is 4.71. The van der Waals surface area contributed by atoms with Gasteiger partial charge in [0.05, 0.1) is 5.69 Å². The lowest BCUT2D eigenvalue weighted by Crippen LogP contribution is -1.89. The fourth-order valence-electron chi connectivity index (χ4n) is 2.57. The van der Waals surface area contributed by atoms with Crippen molar-refractivity contribution in [1.82, 2.24) is 4.98 Å². The highest BCUT2D eigenvalue weighted by Gasteiger charge is 2.06. The highest BCUT2D eigenvalue weighted by molar-refractivity contribution is 7.14. The smallest absolute Gasteiger partial charge is 0.187 e. The topological polar surface area (TPSA) is 24.9 Å². The molecule has 4 aromatic rings. The zero-order valence-electron chi connectivity index (χ0n) is 12.8. The number of anilines is 2. The van der Waals surface area contributed by atoms with E-state index in [4.69, 9.17) is 4.98 Å². The molecule has 0 bridgehead atoms. The van der Waals surface area contributed by atoms with Crippen molar-refractivity contribution in [3.63, 3.8) is 0 Å². The van der Waals surface area contributed by atoms with E-state index >= 15 is 0 Å². The maximum atomic E-state index is 4.71. The van der Waals surface area contributed by atoms with Crippen LogP contribution in [0.4, 0.5) is 10.8 Å². The Morgan fingerprint density at radius 2 is 1.65 bits per heavy atom. The molecule has 112 valence electrons. The van der Waals surface area contributed by atoms with Gasteiger partial charge in [-0.2, -0.15) is 0 Å². The Bertz CT molecular complexity index is 955. The van der Waals surface area contributed by atoms with Crippen molar-refractivity contribution in [3.05, 3.63) is 77.7 Å². The Hall–Kier alpha value is -2.65. The Labute approximate surface area is 139 Å². The quantitative estimate of drug-likeness (QED) is 0.500. The van der Waals surface area contributed by atoms with Crippen LogP contribution in [0.1, 0.15) is 5.56 Å². The van der Waals surface area contributed by atoms with Crippen LogP contribution in [0.3, 0.4) is 0 Å². The average molecular weight is 316 g/mol. The van der Waals surface area contributed by atoms with Crippen molar-refractivity contribution < 1.29 is 0 Å². The summed E-state index contributed by atoms with van der Waals surface area (Å²) < 4.78 is 0. The van der Waals surface area contributed by atoms with Crippen LogP contribution >= 0.6 is 11.3 Å². The molecule has 0 saturated heterocycles. The molecule has 3 heteroatoms. The molecule has 0 spiro atoms. The second kappa shape index (κ2) is 5.86. The Kier molecular flexibility index (Phi) is 3.56. The monoisotopic (exact) mass is 316 g/mol. The van der Waals surface area contributed by atoms with E-state index in [0.29, 0.717) is 0 Å². The third-order valence-corrected chi connectivity index (χ3v) is 4.61. The maximum Gasteiger partial charge on any atom is 0.187 e. The fourth-order valence-corrected chi connectivity index (χ4v) is 3.31.